The number of nitrogens with zero attached hydrogens (tertiary/aromatic N) is 3. The lowest BCUT2D eigenvalue weighted by Crippen LogP contribution is -2.43. The highest BCUT2D eigenvalue weighted by Crippen LogP contribution is 2.32. The summed E-state index contributed by atoms with van der Waals surface area (Å²) in [5, 5.41) is 10.3. The summed E-state index contributed by atoms with van der Waals surface area (Å²) in [5.74, 6) is 0.0718. The van der Waals surface area contributed by atoms with Gasteiger partial charge in [0.1, 0.15) is 40.7 Å². The molecule has 5 N–H and O–H groups in total. The number of fused-ring (bicyclic) bond motifs is 1. The van der Waals surface area contributed by atoms with Crippen molar-refractivity contribution < 1.29 is 23.7 Å². The number of nitrogens with two attached hydrogens (primary N) is 2. The molecule has 2 aromatic heterocycles. The summed E-state index contributed by atoms with van der Waals surface area (Å²) in [5.41, 5.74) is 8.62. The van der Waals surface area contributed by atoms with E-state index in [0.717, 1.165) is 0 Å². The van der Waals surface area contributed by atoms with Crippen LogP contribution in [0.1, 0.15) is 40.2 Å². The minimum Gasteiger partial charge on any atom is -0.458 e. The maximum atomic E-state index is 14.3. The lowest BCUT2D eigenvalue weighted by Gasteiger charge is -2.27. The quantitative estimate of drug-likeness (QED) is 0.244. The van der Waals surface area contributed by atoms with Gasteiger partial charge in [0.05, 0.1) is 30.2 Å². The fourth-order valence-electron chi connectivity index (χ4n) is 5.34. The molecule has 10 nitrogen and oxygen atoms in total. The van der Waals surface area contributed by atoms with E-state index in [1.165, 1.54) is 24.5 Å². The number of amides is 1. The second kappa shape index (κ2) is 12.1. The second-order valence-electron chi connectivity index (χ2n) is 10.4. The summed E-state index contributed by atoms with van der Waals surface area (Å²) in [4.78, 5) is 37.2. The highest BCUT2D eigenvalue weighted by atomic mass is 19.1. The summed E-state index contributed by atoms with van der Waals surface area (Å²) >= 11 is 0. The third-order valence-corrected chi connectivity index (χ3v) is 7.55. The predicted octanol–water partition coefficient (Wildman–Crippen LogP) is 3.21. The fraction of sp³-hybridized carbons (Fsp3) is 0.182. The molecule has 1 unspecified atom stereocenters. The van der Waals surface area contributed by atoms with Gasteiger partial charge in [-0.25, -0.2) is 14.4 Å². The summed E-state index contributed by atoms with van der Waals surface area (Å²) in [6.07, 6.45) is 1.30. The minimum absolute atomic E-state index is 0.113. The van der Waals surface area contributed by atoms with E-state index in [2.05, 4.69) is 15.3 Å². The third kappa shape index (κ3) is 5.52. The van der Waals surface area contributed by atoms with Crippen molar-refractivity contribution in [3.8, 4) is 11.1 Å². The van der Waals surface area contributed by atoms with E-state index < -0.39 is 11.9 Å². The van der Waals surface area contributed by atoms with Crippen molar-refractivity contribution in [1.82, 2.24) is 14.9 Å². The standard InChI is InChI=1S/C33H29FN6O4/c1-19(30-26(20-6-5-9-23(34)17-20)29(41)24-10-2-3-11-25(24)44-30)39-32-27(31(36)37-18-38-32)28(35)21-7-4-8-22(16-21)33(42)40-12-14-43-15-13-40/h2-11,16-19,35H,12-15H2,1H3,(H3,36,37,38,39)/p+1. The van der Waals surface area contributed by atoms with Crippen LogP contribution in [-0.4, -0.2) is 52.8 Å². The number of benzene rings is 3. The van der Waals surface area contributed by atoms with Crippen LogP contribution >= 0.6 is 0 Å². The average molecular weight is 594 g/mol. The van der Waals surface area contributed by atoms with E-state index in [4.69, 9.17) is 20.3 Å². The van der Waals surface area contributed by atoms with Crippen molar-refractivity contribution >= 4 is 34.2 Å². The Bertz CT molecular complexity index is 1950. The summed E-state index contributed by atoms with van der Waals surface area (Å²) in [7, 11) is 0. The number of carbonyl (C=O) groups excluding carboxylic acids is 1. The number of aromatic nitrogens is 2. The normalized spacial score (nSPS) is 13.9. The van der Waals surface area contributed by atoms with Crippen molar-refractivity contribution in [2.24, 2.45) is 0 Å². The van der Waals surface area contributed by atoms with Gasteiger partial charge in [-0.15, -0.1) is 0 Å². The average Bonchev–Trinajstić information content (AvgIpc) is 3.04. The summed E-state index contributed by atoms with van der Waals surface area (Å²) in [6, 6.07) is 19.0. The van der Waals surface area contributed by atoms with E-state index in [0.29, 0.717) is 59.5 Å². The van der Waals surface area contributed by atoms with Gasteiger partial charge in [0, 0.05) is 24.2 Å². The largest absolute Gasteiger partial charge is 0.458 e. The van der Waals surface area contributed by atoms with Crippen LogP contribution in [0.25, 0.3) is 22.1 Å². The number of carbonyl (C=O) groups is 1. The lowest BCUT2D eigenvalue weighted by molar-refractivity contribution is -0.111. The molecule has 0 saturated carbocycles. The molecule has 1 atom stereocenters. The Morgan fingerprint density at radius 3 is 2.57 bits per heavy atom. The smallest absolute Gasteiger partial charge is 0.254 e. The number of halogens is 1. The van der Waals surface area contributed by atoms with Crippen LogP contribution in [0.3, 0.4) is 0 Å². The maximum absolute atomic E-state index is 14.3. The molecule has 1 fully saturated rings. The zero-order chi connectivity index (χ0) is 30.8. The molecule has 0 radical (unpaired) electrons. The van der Waals surface area contributed by atoms with E-state index in [1.54, 1.807) is 66.4 Å². The summed E-state index contributed by atoms with van der Waals surface area (Å²) < 4.78 is 25.9. The number of hydrogen-bond acceptors (Lipinski definition) is 8. The fourth-order valence-corrected chi connectivity index (χ4v) is 5.34. The van der Waals surface area contributed by atoms with Crippen LogP contribution in [0.2, 0.25) is 0 Å². The SMILES string of the molecule is CC(Nc1ncnc(N)c1C(=[NH2+])c1cccc(C(=O)N2CCOCC2)c1)c1oc2ccccc2c(=O)c1-c1cccc(F)c1. The van der Waals surface area contributed by atoms with Crippen LogP contribution < -0.4 is 21.9 Å². The molecule has 0 aliphatic carbocycles. The molecule has 1 aliphatic heterocycles. The van der Waals surface area contributed by atoms with Crippen LogP contribution in [0.5, 0.6) is 0 Å². The monoisotopic (exact) mass is 593 g/mol. The van der Waals surface area contributed by atoms with Crippen molar-refractivity contribution in [2.75, 3.05) is 37.4 Å². The molecular weight excluding hydrogens is 563 g/mol. The highest BCUT2D eigenvalue weighted by molar-refractivity contribution is 6.15. The Morgan fingerprint density at radius 2 is 1.77 bits per heavy atom. The Labute approximate surface area is 251 Å². The molecule has 222 valence electrons. The van der Waals surface area contributed by atoms with Gasteiger partial charge in [-0.1, -0.05) is 30.3 Å². The van der Waals surface area contributed by atoms with E-state index in [-0.39, 0.29) is 40.0 Å². The number of nitrogens with one attached hydrogen (secondary N) is 1. The van der Waals surface area contributed by atoms with Gasteiger partial charge in [0.15, 0.2) is 0 Å². The molecule has 1 saturated heterocycles. The molecule has 5 aromatic rings. The Balaban J connectivity index is 1.38. The first-order valence-corrected chi connectivity index (χ1v) is 14.1. The Morgan fingerprint density at radius 1 is 1.02 bits per heavy atom. The first-order chi connectivity index (χ1) is 21.3. The first kappa shape index (κ1) is 28.7. The molecule has 44 heavy (non-hydrogen) atoms. The van der Waals surface area contributed by atoms with Crippen LogP contribution in [0.4, 0.5) is 16.0 Å². The van der Waals surface area contributed by atoms with Gasteiger partial charge in [-0.3, -0.25) is 15.0 Å². The van der Waals surface area contributed by atoms with Gasteiger partial charge < -0.3 is 25.1 Å². The van der Waals surface area contributed by atoms with E-state index in [1.807, 2.05) is 0 Å². The van der Waals surface area contributed by atoms with Gasteiger partial charge in [0.25, 0.3) is 5.91 Å². The minimum atomic E-state index is -0.652. The van der Waals surface area contributed by atoms with Crippen molar-refractivity contribution in [3.05, 3.63) is 118 Å². The van der Waals surface area contributed by atoms with Gasteiger partial charge in [-0.05, 0) is 55.0 Å². The highest BCUT2D eigenvalue weighted by Gasteiger charge is 2.27. The molecule has 1 aliphatic rings. The van der Waals surface area contributed by atoms with Gasteiger partial charge in [0.2, 0.25) is 11.1 Å². The number of ether oxygens (including phenoxy) is 1. The van der Waals surface area contributed by atoms with Crippen LogP contribution in [-0.2, 0) is 4.74 Å². The predicted molar refractivity (Wildman–Crippen MR) is 165 cm³/mol. The van der Waals surface area contributed by atoms with Crippen molar-refractivity contribution in [3.63, 3.8) is 0 Å². The number of anilines is 2. The molecule has 3 aromatic carbocycles. The van der Waals surface area contributed by atoms with Crippen LogP contribution in [0, 0.1) is 5.82 Å². The lowest BCUT2D eigenvalue weighted by atomic mass is 9.98. The number of morpholine rings is 1. The topological polar surface area (TPSA) is 149 Å². The molecule has 3 heterocycles. The first-order valence-electron chi connectivity index (χ1n) is 14.1. The molecule has 0 bridgehead atoms. The van der Waals surface area contributed by atoms with Crippen LogP contribution in [0.15, 0.2) is 88.3 Å². The number of rotatable bonds is 7. The van der Waals surface area contributed by atoms with Gasteiger partial charge >= 0.3 is 0 Å². The second-order valence-corrected chi connectivity index (χ2v) is 10.4. The summed E-state index contributed by atoms with van der Waals surface area (Å²) in [6.45, 7) is 3.79. The third-order valence-electron chi connectivity index (χ3n) is 7.55. The Hall–Kier alpha value is -5.42. The Kier molecular flexibility index (Phi) is 7.86. The number of hydrogen-bond donors (Lipinski definition) is 3. The maximum Gasteiger partial charge on any atom is 0.254 e. The molecular formula is C33H30FN6O4+. The zero-order valence-electron chi connectivity index (χ0n) is 23.9. The number of nitrogen functional groups attached to an aromatic ring is 1. The number of para-hydroxylation sites is 1. The van der Waals surface area contributed by atoms with Crippen molar-refractivity contribution in [2.45, 2.75) is 13.0 Å². The molecule has 11 heteroatoms. The van der Waals surface area contributed by atoms with E-state index >= 15 is 0 Å². The van der Waals surface area contributed by atoms with Crippen molar-refractivity contribution in [1.29, 1.82) is 0 Å². The molecule has 0 spiro atoms. The molecule has 6 rings (SSSR count). The molecule has 1 amide bonds. The zero-order valence-corrected chi connectivity index (χ0v) is 23.9. The van der Waals surface area contributed by atoms with E-state index in [9.17, 15) is 14.0 Å². The van der Waals surface area contributed by atoms with Gasteiger partial charge in [-0.2, -0.15) is 0 Å².